The molecule has 2 N–H and O–H groups in total. The van der Waals surface area contributed by atoms with Crippen molar-refractivity contribution < 1.29 is 0 Å². The summed E-state index contributed by atoms with van der Waals surface area (Å²) in [6, 6.07) is 7.39. The van der Waals surface area contributed by atoms with E-state index in [0.29, 0.717) is 16.8 Å². The van der Waals surface area contributed by atoms with Crippen LogP contribution in [0.15, 0.2) is 24.3 Å². The normalized spacial score (nSPS) is 10.6. The summed E-state index contributed by atoms with van der Waals surface area (Å²) in [6.45, 7) is 2.86. The molecule has 0 aliphatic rings. The molecule has 0 aliphatic carbocycles. The zero-order valence-corrected chi connectivity index (χ0v) is 9.78. The standard InChI is InChI=1S/C11H13ClN4/c1-2-7-16-11(13)14-10(15-16)8-3-5-9(12)6-4-8/h3-6H,2,7H2,1H3,(H2,13,14,15). The van der Waals surface area contributed by atoms with Crippen LogP contribution in [0.25, 0.3) is 11.4 Å². The molecule has 2 rings (SSSR count). The number of rotatable bonds is 3. The number of nitrogen functional groups attached to an aromatic ring is 1. The largest absolute Gasteiger partial charge is 0.368 e. The molecule has 16 heavy (non-hydrogen) atoms. The maximum absolute atomic E-state index is 5.81. The molecule has 0 saturated carbocycles. The second-order valence-corrected chi connectivity index (χ2v) is 3.96. The number of halogens is 1. The lowest BCUT2D eigenvalue weighted by Gasteiger charge is -1.97. The van der Waals surface area contributed by atoms with Crippen LogP contribution in [-0.2, 0) is 6.54 Å². The van der Waals surface area contributed by atoms with Gasteiger partial charge in [0.05, 0.1) is 0 Å². The minimum absolute atomic E-state index is 0.451. The van der Waals surface area contributed by atoms with Crippen LogP contribution in [0.3, 0.4) is 0 Å². The van der Waals surface area contributed by atoms with Gasteiger partial charge in [-0.1, -0.05) is 18.5 Å². The zero-order chi connectivity index (χ0) is 11.5. The van der Waals surface area contributed by atoms with Crippen molar-refractivity contribution in [2.45, 2.75) is 19.9 Å². The van der Waals surface area contributed by atoms with Gasteiger partial charge in [-0.3, -0.25) is 0 Å². The van der Waals surface area contributed by atoms with Crippen molar-refractivity contribution in [2.75, 3.05) is 5.73 Å². The van der Waals surface area contributed by atoms with E-state index in [1.165, 1.54) is 0 Å². The van der Waals surface area contributed by atoms with Gasteiger partial charge in [-0.2, -0.15) is 4.98 Å². The van der Waals surface area contributed by atoms with Gasteiger partial charge in [0.2, 0.25) is 5.95 Å². The number of aromatic nitrogens is 3. The van der Waals surface area contributed by atoms with E-state index in [-0.39, 0.29) is 0 Å². The number of hydrogen-bond acceptors (Lipinski definition) is 3. The minimum atomic E-state index is 0.451. The molecule has 0 unspecified atom stereocenters. The molecule has 0 aliphatic heterocycles. The van der Waals surface area contributed by atoms with Crippen LogP contribution in [0.1, 0.15) is 13.3 Å². The van der Waals surface area contributed by atoms with Gasteiger partial charge >= 0.3 is 0 Å². The quantitative estimate of drug-likeness (QED) is 0.891. The van der Waals surface area contributed by atoms with Gasteiger partial charge in [0.25, 0.3) is 0 Å². The highest BCUT2D eigenvalue weighted by Crippen LogP contribution is 2.19. The maximum atomic E-state index is 5.81. The Hall–Kier alpha value is -1.55. The van der Waals surface area contributed by atoms with Crippen molar-refractivity contribution in [1.82, 2.24) is 14.8 Å². The third-order valence-electron chi connectivity index (χ3n) is 2.24. The van der Waals surface area contributed by atoms with Gasteiger partial charge in [0.1, 0.15) is 0 Å². The van der Waals surface area contributed by atoms with Crippen molar-refractivity contribution in [1.29, 1.82) is 0 Å². The Kier molecular flexibility index (Phi) is 3.10. The highest BCUT2D eigenvalue weighted by atomic mass is 35.5. The number of nitrogens with zero attached hydrogens (tertiary/aromatic N) is 3. The van der Waals surface area contributed by atoms with E-state index in [1.807, 2.05) is 24.3 Å². The summed E-state index contributed by atoms with van der Waals surface area (Å²) in [7, 11) is 0. The van der Waals surface area contributed by atoms with Gasteiger partial charge < -0.3 is 5.73 Å². The number of hydrogen-bond donors (Lipinski definition) is 1. The fourth-order valence-corrected chi connectivity index (χ4v) is 1.58. The smallest absolute Gasteiger partial charge is 0.219 e. The van der Waals surface area contributed by atoms with Crippen LogP contribution in [-0.4, -0.2) is 14.8 Å². The van der Waals surface area contributed by atoms with Crippen molar-refractivity contribution in [3.8, 4) is 11.4 Å². The Morgan fingerprint density at radius 2 is 2.00 bits per heavy atom. The summed E-state index contributed by atoms with van der Waals surface area (Å²) in [5.74, 6) is 1.09. The summed E-state index contributed by atoms with van der Waals surface area (Å²) in [6.07, 6.45) is 0.980. The average molecular weight is 237 g/mol. The molecule has 84 valence electrons. The maximum Gasteiger partial charge on any atom is 0.219 e. The van der Waals surface area contributed by atoms with Crippen molar-refractivity contribution in [2.24, 2.45) is 0 Å². The predicted molar refractivity (Wildman–Crippen MR) is 65.2 cm³/mol. The molecule has 2 aromatic rings. The van der Waals surface area contributed by atoms with Gasteiger partial charge in [0, 0.05) is 17.1 Å². The molecule has 1 aromatic heterocycles. The Morgan fingerprint density at radius 3 is 2.62 bits per heavy atom. The van der Waals surface area contributed by atoms with Crippen molar-refractivity contribution in [3.63, 3.8) is 0 Å². The molecule has 0 amide bonds. The molecule has 0 fully saturated rings. The number of nitrogens with two attached hydrogens (primary N) is 1. The zero-order valence-electron chi connectivity index (χ0n) is 9.02. The molecule has 0 radical (unpaired) electrons. The van der Waals surface area contributed by atoms with Crippen LogP contribution in [0.2, 0.25) is 5.02 Å². The first-order valence-electron chi connectivity index (χ1n) is 5.17. The van der Waals surface area contributed by atoms with Gasteiger partial charge in [-0.25, -0.2) is 4.68 Å². The minimum Gasteiger partial charge on any atom is -0.368 e. The third-order valence-corrected chi connectivity index (χ3v) is 2.49. The second-order valence-electron chi connectivity index (χ2n) is 3.52. The Bertz CT molecular complexity index is 475. The molecule has 5 heteroatoms. The summed E-state index contributed by atoms with van der Waals surface area (Å²) in [5, 5.41) is 5.04. The van der Waals surface area contributed by atoms with Crippen LogP contribution >= 0.6 is 11.6 Å². The van der Waals surface area contributed by atoms with E-state index < -0.39 is 0 Å². The predicted octanol–water partition coefficient (Wildman–Crippen LogP) is 2.59. The first-order valence-corrected chi connectivity index (χ1v) is 5.54. The number of anilines is 1. The molecule has 0 atom stereocenters. The van der Waals surface area contributed by atoms with E-state index in [4.69, 9.17) is 17.3 Å². The lowest BCUT2D eigenvalue weighted by molar-refractivity contribution is 0.612. The summed E-state index contributed by atoms with van der Waals surface area (Å²) < 4.78 is 1.71. The van der Waals surface area contributed by atoms with Gasteiger partial charge in [0.15, 0.2) is 5.82 Å². The van der Waals surface area contributed by atoms with Crippen LogP contribution < -0.4 is 5.73 Å². The lowest BCUT2D eigenvalue weighted by atomic mass is 10.2. The van der Waals surface area contributed by atoms with Crippen LogP contribution in [0, 0.1) is 0 Å². The fourth-order valence-electron chi connectivity index (χ4n) is 1.45. The Labute approximate surface area is 99.1 Å². The van der Waals surface area contributed by atoms with Crippen LogP contribution in [0.5, 0.6) is 0 Å². The molecule has 0 saturated heterocycles. The molecule has 1 heterocycles. The van der Waals surface area contributed by atoms with E-state index in [2.05, 4.69) is 17.0 Å². The first kappa shape index (κ1) is 11.0. The number of benzene rings is 1. The summed E-state index contributed by atoms with van der Waals surface area (Å²) in [5.41, 5.74) is 6.68. The topological polar surface area (TPSA) is 56.7 Å². The SMILES string of the molecule is CCCn1nc(-c2ccc(Cl)cc2)nc1N. The fraction of sp³-hybridized carbons (Fsp3) is 0.273. The first-order chi connectivity index (χ1) is 7.70. The van der Waals surface area contributed by atoms with Crippen LogP contribution in [0.4, 0.5) is 5.95 Å². The molecule has 4 nitrogen and oxygen atoms in total. The third kappa shape index (κ3) is 2.17. The summed E-state index contributed by atoms with van der Waals surface area (Å²) >= 11 is 5.81. The van der Waals surface area contributed by atoms with E-state index in [0.717, 1.165) is 18.5 Å². The molecular weight excluding hydrogens is 224 g/mol. The van der Waals surface area contributed by atoms with Gasteiger partial charge in [-0.15, -0.1) is 5.10 Å². The second kappa shape index (κ2) is 4.53. The van der Waals surface area contributed by atoms with E-state index >= 15 is 0 Å². The lowest BCUT2D eigenvalue weighted by Crippen LogP contribution is -2.04. The monoisotopic (exact) mass is 236 g/mol. The molecule has 1 aromatic carbocycles. The van der Waals surface area contributed by atoms with E-state index in [9.17, 15) is 0 Å². The Morgan fingerprint density at radius 1 is 1.31 bits per heavy atom. The average Bonchev–Trinajstić information content (AvgIpc) is 2.62. The van der Waals surface area contributed by atoms with Gasteiger partial charge in [-0.05, 0) is 30.7 Å². The highest BCUT2D eigenvalue weighted by Gasteiger charge is 2.07. The molecular formula is C11H13ClN4. The number of aryl methyl sites for hydroxylation is 1. The molecule has 0 bridgehead atoms. The highest BCUT2D eigenvalue weighted by molar-refractivity contribution is 6.30. The summed E-state index contributed by atoms with van der Waals surface area (Å²) in [4.78, 5) is 4.22. The molecule has 0 spiro atoms. The van der Waals surface area contributed by atoms with Crippen molar-refractivity contribution in [3.05, 3.63) is 29.3 Å². The van der Waals surface area contributed by atoms with Crippen molar-refractivity contribution >= 4 is 17.5 Å². The Balaban J connectivity index is 2.33. The van der Waals surface area contributed by atoms with E-state index in [1.54, 1.807) is 4.68 Å².